The molecule has 2 fully saturated rings. The molecule has 2 aliphatic heterocycles. The second kappa shape index (κ2) is 35.6. The van der Waals surface area contributed by atoms with Gasteiger partial charge in [-0.1, -0.05) is 181 Å². The predicted molar refractivity (Wildman–Crippen MR) is 247 cm³/mol. The lowest BCUT2D eigenvalue weighted by Crippen LogP contribution is -2.64. The molecule has 0 aromatic carbocycles. The zero-order chi connectivity index (χ0) is 48.0. The Hall–Kier alpha value is -1.50. The minimum Gasteiger partial charge on any atom is -0.463 e. The number of esters is 2. The summed E-state index contributed by atoms with van der Waals surface area (Å²) in [6.45, 7) is 6.39. The fourth-order valence-corrected chi connectivity index (χ4v) is 8.61. The summed E-state index contributed by atoms with van der Waals surface area (Å²) < 4.78 is 27.6. The van der Waals surface area contributed by atoms with E-state index in [4.69, 9.17) is 23.7 Å². The van der Waals surface area contributed by atoms with E-state index in [2.05, 4.69) is 13.8 Å². The summed E-state index contributed by atoms with van der Waals surface area (Å²) in [4.78, 5) is 25.7. The smallest absolute Gasteiger partial charge is 0.311 e. The van der Waals surface area contributed by atoms with E-state index in [1.807, 2.05) is 0 Å². The van der Waals surface area contributed by atoms with E-state index in [-0.39, 0.29) is 0 Å². The van der Waals surface area contributed by atoms with Crippen LogP contribution in [0.4, 0.5) is 0 Å². The number of hydrogen-bond donors (Lipinski definition) is 8. The Morgan fingerprint density at radius 1 is 0.415 bits per heavy atom. The minimum atomic E-state index is -1.88. The lowest BCUT2D eigenvalue weighted by Gasteiger charge is -2.44. The van der Waals surface area contributed by atoms with Gasteiger partial charge in [0.15, 0.2) is 12.6 Å². The average molecular weight is 935 g/mol. The fourth-order valence-electron chi connectivity index (χ4n) is 8.61. The van der Waals surface area contributed by atoms with Crippen LogP contribution in [0.2, 0.25) is 0 Å². The number of ether oxygens (including phenoxy) is 5. The quantitative estimate of drug-likeness (QED) is 0.0238. The first-order chi connectivity index (χ1) is 31.2. The van der Waals surface area contributed by atoms with E-state index in [1.165, 1.54) is 129 Å². The van der Waals surface area contributed by atoms with Gasteiger partial charge < -0.3 is 64.5 Å². The Kier molecular flexibility index (Phi) is 32.6. The summed E-state index contributed by atoms with van der Waals surface area (Å²) in [6.07, 6.45) is 12.7. The van der Waals surface area contributed by atoms with E-state index in [1.54, 1.807) is 0 Å². The van der Waals surface area contributed by atoms with Crippen LogP contribution < -0.4 is 0 Å². The molecule has 0 aliphatic carbocycles. The molecule has 15 nitrogen and oxygen atoms in total. The van der Waals surface area contributed by atoms with Crippen LogP contribution >= 0.6 is 0 Å². The molecule has 0 amide bonds. The Morgan fingerprint density at radius 2 is 0.677 bits per heavy atom. The third-order valence-electron chi connectivity index (χ3n) is 13.5. The second-order valence-corrected chi connectivity index (χ2v) is 19.2. The number of aliphatic hydroxyl groups excluding tert-OH is 8. The lowest BCUT2D eigenvalue weighted by molar-refractivity contribution is -0.376. The molecular formula is C50H94O15. The van der Waals surface area contributed by atoms with E-state index in [0.717, 1.165) is 51.4 Å². The number of rotatable bonds is 38. The van der Waals surface area contributed by atoms with Crippen molar-refractivity contribution in [2.24, 2.45) is 11.8 Å². The van der Waals surface area contributed by atoms with Gasteiger partial charge in [0.2, 0.25) is 0 Å². The van der Waals surface area contributed by atoms with Gasteiger partial charge in [-0.15, -0.1) is 0 Å². The molecule has 0 unspecified atom stereocenters. The normalized spacial score (nSPS) is 27.8. The maximum atomic E-state index is 12.9. The first-order valence-corrected chi connectivity index (χ1v) is 26.0. The van der Waals surface area contributed by atoms with E-state index < -0.39 is 111 Å². The first-order valence-electron chi connectivity index (χ1n) is 26.0. The van der Waals surface area contributed by atoms with E-state index >= 15 is 0 Å². The first kappa shape index (κ1) is 59.6. The Labute approximate surface area is 391 Å². The SMILES string of the molecule is CCCCCCCCCCCCCCC[C@H](O)[C@H](C)C(=O)OC[C@H]1O[C@H](O[C@H]2O[C@H](COC(=O)[C@@H](C)[C@@H](O)CCCCCCCCCCCCCCC)[C@@H](O)[C@H](O)[C@H]2O)[C@H](O)[C@@H](O)[C@@H]1O. The van der Waals surface area contributed by atoms with Crippen molar-refractivity contribution in [3.8, 4) is 0 Å². The standard InChI is InChI=1S/C50H94O15/c1-5-7-9-11-13-15-17-19-21-23-25-27-29-31-37(51)35(3)47(59)61-33-39-41(53)43(55)45(57)49(63-39)65-50-46(58)44(56)42(54)40(64-50)34-62-48(60)36(4)38(52)32-30-28-26-24-22-20-18-16-14-12-10-8-6-2/h35-46,49-58H,5-34H2,1-4H3/t35-,36-,37-,38-,39+,40+,41+,42+,43-,44-,45+,46+,49+,50+/m0/s1. The molecule has 0 radical (unpaired) electrons. The van der Waals surface area contributed by atoms with Gasteiger partial charge >= 0.3 is 11.9 Å². The van der Waals surface area contributed by atoms with Crippen molar-refractivity contribution in [2.75, 3.05) is 13.2 Å². The van der Waals surface area contributed by atoms with Crippen LogP contribution in [0.1, 0.15) is 207 Å². The van der Waals surface area contributed by atoms with Crippen molar-refractivity contribution < 1.29 is 74.1 Å². The summed E-state index contributed by atoms with van der Waals surface area (Å²) in [5, 5.41) is 85.3. The summed E-state index contributed by atoms with van der Waals surface area (Å²) in [5.74, 6) is -3.25. The van der Waals surface area contributed by atoms with Gasteiger partial charge in [0.05, 0.1) is 24.0 Å². The molecule has 0 aromatic heterocycles. The molecule has 2 aliphatic rings. The van der Waals surface area contributed by atoms with Crippen LogP contribution in [0, 0.1) is 11.8 Å². The lowest BCUT2D eigenvalue weighted by atomic mass is 9.97. The second-order valence-electron chi connectivity index (χ2n) is 19.2. The molecule has 65 heavy (non-hydrogen) atoms. The molecule has 8 N–H and O–H groups in total. The highest BCUT2D eigenvalue weighted by Gasteiger charge is 2.50. The van der Waals surface area contributed by atoms with Crippen LogP contribution in [-0.4, -0.2) is 140 Å². The summed E-state index contributed by atoms with van der Waals surface area (Å²) >= 11 is 0. The summed E-state index contributed by atoms with van der Waals surface area (Å²) in [5.41, 5.74) is 0. The van der Waals surface area contributed by atoms with Gasteiger partial charge in [-0.3, -0.25) is 9.59 Å². The van der Waals surface area contributed by atoms with Gasteiger partial charge in [0.1, 0.15) is 62.0 Å². The zero-order valence-corrected chi connectivity index (χ0v) is 40.7. The minimum absolute atomic E-state index is 0.419. The van der Waals surface area contributed by atoms with Crippen LogP contribution in [-0.2, 0) is 33.3 Å². The Balaban J connectivity index is 1.73. The molecule has 0 spiro atoms. The molecule has 384 valence electrons. The van der Waals surface area contributed by atoms with Crippen molar-refractivity contribution in [1.29, 1.82) is 0 Å². The number of hydrogen-bond acceptors (Lipinski definition) is 15. The van der Waals surface area contributed by atoms with E-state index in [0.29, 0.717) is 12.8 Å². The third kappa shape index (κ3) is 23.6. The van der Waals surface area contributed by atoms with Gasteiger partial charge in [0, 0.05) is 0 Å². The number of unbranched alkanes of at least 4 members (excludes halogenated alkanes) is 24. The van der Waals surface area contributed by atoms with Crippen LogP contribution in [0.3, 0.4) is 0 Å². The molecule has 2 saturated heterocycles. The van der Waals surface area contributed by atoms with Gasteiger partial charge in [0.25, 0.3) is 0 Å². The molecule has 0 aromatic rings. The molecular weight excluding hydrogens is 841 g/mol. The number of aliphatic hydroxyl groups is 8. The topological polar surface area (TPSA) is 242 Å². The summed E-state index contributed by atoms with van der Waals surface area (Å²) in [7, 11) is 0. The maximum Gasteiger partial charge on any atom is 0.311 e. The molecule has 15 heteroatoms. The Bertz CT molecular complexity index is 1110. The number of carbonyl (C=O) groups is 2. The summed E-state index contributed by atoms with van der Waals surface area (Å²) in [6, 6.07) is 0. The predicted octanol–water partition coefficient (Wildman–Crippen LogP) is 6.66. The van der Waals surface area contributed by atoms with Gasteiger partial charge in [-0.05, 0) is 26.7 Å². The van der Waals surface area contributed by atoms with Crippen molar-refractivity contribution in [3.05, 3.63) is 0 Å². The molecule has 0 bridgehead atoms. The van der Waals surface area contributed by atoms with E-state index in [9.17, 15) is 50.4 Å². The third-order valence-corrected chi connectivity index (χ3v) is 13.5. The molecule has 0 saturated carbocycles. The maximum absolute atomic E-state index is 12.9. The fraction of sp³-hybridized carbons (Fsp3) is 0.960. The van der Waals surface area contributed by atoms with Gasteiger partial charge in [-0.25, -0.2) is 0 Å². The molecule has 2 heterocycles. The molecule has 2 rings (SSSR count). The highest BCUT2D eigenvalue weighted by molar-refractivity contribution is 5.73. The number of carbonyl (C=O) groups excluding carboxylic acids is 2. The highest BCUT2D eigenvalue weighted by Crippen LogP contribution is 2.29. The highest BCUT2D eigenvalue weighted by atomic mass is 16.8. The average Bonchev–Trinajstić information content (AvgIpc) is 3.30. The monoisotopic (exact) mass is 935 g/mol. The van der Waals surface area contributed by atoms with Crippen LogP contribution in [0.25, 0.3) is 0 Å². The van der Waals surface area contributed by atoms with Gasteiger partial charge in [-0.2, -0.15) is 0 Å². The van der Waals surface area contributed by atoms with Crippen molar-refractivity contribution in [2.45, 2.75) is 281 Å². The Morgan fingerprint density at radius 3 is 0.954 bits per heavy atom. The molecule has 14 atom stereocenters. The van der Waals surface area contributed by atoms with Crippen molar-refractivity contribution in [3.63, 3.8) is 0 Å². The van der Waals surface area contributed by atoms with Crippen LogP contribution in [0.5, 0.6) is 0 Å². The van der Waals surface area contributed by atoms with Crippen LogP contribution in [0.15, 0.2) is 0 Å². The largest absolute Gasteiger partial charge is 0.463 e. The van der Waals surface area contributed by atoms with Crippen molar-refractivity contribution >= 4 is 11.9 Å². The zero-order valence-electron chi connectivity index (χ0n) is 40.7. The van der Waals surface area contributed by atoms with Crippen molar-refractivity contribution in [1.82, 2.24) is 0 Å².